The topological polar surface area (TPSA) is 68.4 Å². The lowest BCUT2D eigenvalue weighted by Gasteiger charge is -2.18. The van der Waals surface area contributed by atoms with E-state index in [1.54, 1.807) is 11.3 Å². The van der Waals surface area contributed by atoms with E-state index in [9.17, 15) is 9.59 Å². The Balaban J connectivity index is 1.66. The smallest absolute Gasteiger partial charge is 0.291 e. The van der Waals surface area contributed by atoms with Crippen molar-refractivity contribution in [2.75, 3.05) is 0 Å². The molecule has 4 aromatic rings. The highest BCUT2D eigenvalue weighted by Gasteiger charge is 2.23. The van der Waals surface area contributed by atoms with Crippen molar-refractivity contribution in [3.63, 3.8) is 0 Å². The molecule has 1 N–H and O–H groups in total. The molecule has 0 aliphatic rings. The first-order valence-electron chi connectivity index (χ1n) is 9.31. The van der Waals surface area contributed by atoms with Gasteiger partial charge in [0.2, 0.25) is 5.91 Å². The number of carbonyl (C=O) groups is 1. The number of hydrogen-bond acceptors (Lipinski definition) is 4. The highest BCUT2D eigenvalue weighted by Crippen LogP contribution is 2.24. The second kappa shape index (κ2) is 7.24. The highest BCUT2D eigenvalue weighted by molar-refractivity contribution is 7.17. The number of thiophene rings is 1. The number of hydrogen-bond donors (Lipinski definition) is 1. The maximum Gasteiger partial charge on any atom is 0.291 e. The summed E-state index contributed by atoms with van der Waals surface area (Å²) in [5.41, 5.74) is 3.48. The number of aromatic nitrogens is 3. The quantitative estimate of drug-likeness (QED) is 0.562. The largest absolute Gasteiger partial charge is 0.350 e. The molecular weight excluding hydrogens is 372 g/mol. The van der Waals surface area contributed by atoms with Gasteiger partial charge in [0.05, 0.1) is 10.2 Å². The van der Waals surface area contributed by atoms with Gasteiger partial charge in [0.1, 0.15) is 17.4 Å². The van der Waals surface area contributed by atoms with Gasteiger partial charge in [-0.3, -0.25) is 14.0 Å². The Labute approximate surface area is 166 Å². The molecule has 3 heterocycles. The van der Waals surface area contributed by atoms with Crippen molar-refractivity contribution >= 4 is 33.0 Å². The Morgan fingerprint density at radius 3 is 2.64 bits per heavy atom. The van der Waals surface area contributed by atoms with Crippen LogP contribution in [0.5, 0.6) is 0 Å². The molecule has 0 fully saturated rings. The molecule has 1 aromatic carbocycles. The van der Waals surface area contributed by atoms with Gasteiger partial charge >= 0.3 is 0 Å². The zero-order chi connectivity index (χ0) is 19.8. The van der Waals surface area contributed by atoms with Crippen LogP contribution in [-0.4, -0.2) is 20.1 Å². The van der Waals surface area contributed by atoms with Crippen molar-refractivity contribution in [1.29, 1.82) is 0 Å². The molecule has 3 aromatic heterocycles. The Hall–Kier alpha value is -2.93. The summed E-state index contributed by atoms with van der Waals surface area (Å²) < 4.78 is 4.23. The van der Waals surface area contributed by atoms with Crippen LogP contribution in [0.1, 0.15) is 36.3 Å². The molecule has 1 atom stereocenters. The third-order valence-electron chi connectivity index (χ3n) is 5.00. The second-order valence-electron chi connectivity index (χ2n) is 6.96. The van der Waals surface area contributed by atoms with Crippen molar-refractivity contribution in [3.05, 3.63) is 69.1 Å². The van der Waals surface area contributed by atoms with E-state index < -0.39 is 6.04 Å². The molecule has 4 rings (SSSR count). The molecule has 0 radical (unpaired) electrons. The number of amides is 1. The summed E-state index contributed by atoms with van der Waals surface area (Å²) in [4.78, 5) is 25.9. The predicted octanol–water partition coefficient (Wildman–Crippen LogP) is 3.60. The summed E-state index contributed by atoms with van der Waals surface area (Å²) in [6.45, 7) is 6.20. The van der Waals surface area contributed by atoms with Gasteiger partial charge in [-0.15, -0.1) is 11.3 Å². The van der Waals surface area contributed by atoms with Gasteiger partial charge in [0.15, 0.2) is 0 Å². The van der Waals surface area contributed by atoms with Crippen LogP contribution < -0.4 is 10.9 Å². The van der Waals surface area contributed by atoms with Gasteiger partial charge in [0, 0.05) is 6.54 Å². The van der Waals surface area contributed by atoms with Gasteiger partial charge in [0.25, 0.3) is 5.56 Å². The van der Waals surface area contributed by atoms with E-state index in [0.29, 0.717) is 24.3 Å². The van der Waals surface area contributed by atoms with Crippen LogP contribution in [-0.2, 0) is 11.3 Å². The van der Waals surface area contributed by atoms with Crippen molar-refractivity contribution < 1.29 is 4.79 Å². The zero-order valence-electron chi connectivity index (χ0n) is 16.1. The minimum Gasteiger partial charge on any atom is -0.350 e. The number of carbonyl (C=O) groups excluding carboxylic acids is 1. The minimum absolute atomic E-state index is 0.199. The Morgan fingerprint density at radius 2 is 1.93 bits per heavy atom. The maximum atomic E-state index is 13.1. The third-order valence-corrected chi connectivity index (χ3v) is 5.85. The molecule has 28 heavy (non-hydrogen) atoms. The van der Waals surface area contributed by atoms with Crippen LogP contribution in [0.25, 0.3) is 15.7 Å². The van der Waals surface area contributed by atoms with Crippen LogP contribution in [0.4, 0.5) is 0 Å². The van der Waals surface area contributed by atoms with Crippen molar-refractivity contribution in [2.45, 2.75) is 39.8 Å². The first-order valence-corrected chi connectivity index (χ1v) is 10.2. The van der Waals surface area contributed by atoms with Gasteiger partial charge in [-0.25, -0.2) is 4.68 Å². The monoisotopic (exact) mass is 394 g/mol. The maximum absolute atomic E-state index is 13.1. The van der Waals surface area contributed by atoms with Crippen LogP contribution in [0.15, 0.2) is 46.6 Å². The Bertz CT molecular complexity index is 1220. The lowest BCUT2D eigenvalue weighted by atomic mass is 10.1. The number of aryl methyl sites for hydroxylation is 2. The molecular formula is C21H22N4O2S. The molecule has 144 valence electrons. The van der Waals surface area contributed by atoms with Crippen molar-refractivity contribution in [2.24, 2.45) is 0 Å². The van der Waals surface area contributed by atoms with Crippen LogP contribution in [0.2, 0.25) is 0 Å². The molecule has 0 saturated carbocycles. The molecule has 0 bridgehead atoms. The molecule has 0 spiro atoms. The van der Waals surface area contributed by atoms with E-state index in [4.69, 9.17) is 0 Å². The summed E-state index contributed by atoms with van der Waals surface area (Å²) in [6.07, 6.45) is 0.483. The number of nitrogens with zero attached hydrogens (tertiary/aromatic N) is 3. The van der Waals surface area contributed by atoms with Crippen LogP contribution in [0, 0.1) is 13.8 Å². The van der Waals surface area contributed by atoms with Gasteiger partial charge in [-0.2, -0.15) is 5.10 Å². The molecule has 1 unspecified atom stereocenters. The van der Waals surface area contributed by atoms with Crippen LogP contribution >= 0.6 is 11.3 Å². The van der Waals surface area contributed by atoms with E-state index in [0.717, 1.165) is 15.8 Å². The fourth-order valence-electron chi connectivity index (χ4n) is 3.49. The summed E-state index contributed by atoms with van der Waals surface area (Å²) in [5, 5.41) is 9.41. The lowest BCUT2D eigenvalue weighted by Crippen LogP contribution is -2.39. The molecule has 0 aliphatic heterocycles. The standard InChI is InChI=1S/C21H22N4O2S/c1-4-16(20(26)22-12-15-7-5-13(2)6-8-15)25-21(27)18-11-19-17(9-10-28-19)24(18)14(3)23-25/h5-11,16H,4,12H2,1-3H3,(H,22,26). The van der Waals surface area contributed by atoms with E-state index in [2.05, 4.69) is 10.4 Å². The molecule has 7 heteroatoms. The summed E-state index contributed by atoms with van der Waals surface area (Å²) >= 11 is 1.59. The van der Waals surface area contributed by atoms with Gasteiger partial charge in [-0.1, -0.05) is 36.8 Å². The lowest BCUT2D eigenvalue weighted by molar-refractivity contribution is -0.125. The normalized spacial score (nSPS) is 12.5. The Morgan fingerprint density at radius 1 is 1.18 bits per heavy atom. The van der Waals surface area contributed by atoms with Crippen molar-refractivity contribution in [1.82, 2.24) is 19.5 Å². The average Bonchev–Trinajstić information content (AvgIpc) is 3.27. The number of rotatable bonds is 5. The van der Waals surface area contributed by atoms with E-state index in [-0.39, 0.29) is 11.5 Å². The first-order chi connectivity index (χ1) is 13.5. The second-order valence-corrected chi connectivity index (χ2v) is 7.91. The number of fused-ring (bicyclic) bond motifs is 3. The SMILES string of the molecule is CCC(C(=O)NCc1ccc(C)cc1)n1nc(C)n2c(cc3sccc32)c1=O. The molecule has 0 saturated heterocycles. The van der Waals surface area contributed by atoms with Crippen molar-refractivity contribution in [3.8, 4) is 0 Å². The van der Waals surface area contributed by atoms with Gasteiger partial charge < -0.3 is 5.32 Å². The average molecular weight is 395 g/mol. The summed E-state index contributed by atoms with van der Waals surface area (Å²) in [5.74, 6) is 0.488. The highest BCUT2D eigenvalue weighted by atomic mass is 32.1. The minimum atomic E-state index is -0.644. The Kier molecular flexibility index (Phi) is 4.77. The fraction of sp³-hybridized carbons (Fsp3) is 0.286. The molecule has 1 amide bonds. The summed E-state index contributed by atoms with van der Waals surface area (Å²) in [6, 6.07) is 11.2. The van der Waals surface area contributed by atoms with E-state index in [1.165, 1.54) is 10.2 Å². The fourth-order valence-corrected chi connectivity index (χ4v) is 4.29. The third kappa shape index (κ3) is 3.11. The van der Waals surface area contributed by atoms with Crippen LogP contribution in [0.3, 0.4) is 0 Å². The van der Waals surface area contributed by atoms with Gasteiger partial charge in [-0.05, 0) is 43.3 Å². The predicted molar refractivity (Wildman–Crippen MR) is 112 cm³/mol. The zero-order valence-corrected chi connectivity index (χ0v) is 16.9. The molecule has 6 nitrogen and oxygen atoms in total. The molecule has 0 aliphatic carbocycles. The first kappa shape index (κ1) is 18.4. The number of benzene rings is 1. The van der Waals surface area contributed by atoms with E-state index in [1.807, 2.05) is 67.0 Å². The van der Waals surface area contributed by atoms with E-state index >= 15 is 0 Å². The summed E-state index contributed by atoms with van der Waals surface area (Å²) in [7, 11) is 0. The number of nitrogens with one attached hydrogen (secondary N) is 1.